The highest BCUT2D eigenvalue weighted by molar-refractivity contribution is 5.94. The Morgan fingerprint density at radius 2 is 1.48 bits per heavy atom. The van der Waals surface area contributed by atoms with Gasteiger partial charge in [0.25, 0.3) is 5.91 Å². The third-order valence-electron chi connectivity index (χ3n) is 3.81. The smallest absolute Gasteiger partial charge is 0.251 e. The monoisotopic (exact) mass is 302 g/mol. The Morgan fingerprint density at radius 3 is 2.13 bits per heavy atom. The number of aromatic nitrogens is 1. The van der Waals surface area contributed by atoms with Crippen molar-refractivity contribution in [1.29, 1.82) is 0 Å². The highest BCUT2D eigenvalue weighted by Crippen LogP contribution is 2.19. The minimum atomic E-state index is -0.0751. The molecule has 0 aliphatic rings. The van der Waals surface area contributed by atoms with Crippen molar-refractivity contribution in [3.8, 4) is 11.1 Å². The maximum absolute atomic E-state index is 12.3. The van der Waals surface area contributed by atoms with Crippen molar-refractivity contribution >= 4 is 5.91 Å². The number of hydrogen-bond acceptors (Lipinski definition) is 2. The molecule has 0 fully saturated rings. The molecule has 1 aromatic heterocycles. The lowest BCUT2D eigenvalue weighted by atomic mass is 10.0. The zero-order chi connectivity index (χ0) is 16.1. The molecule has 0 radical (unpaired) electrons. The average molecular weight is 302 g/mol. The normalized spacial score (nSPS) is 11.7. The van der Waals surface area contributed by atoms with Crippen molar-refractivity contribution in [3.63, 3.8) is 0 Å². The lowest BCUT2D eigenvalue weighted by molar-refractivity contribution is 0.0940. The Bertz CT molecular complexity index is 768. The fourth-order valence-electron chi connectivity index (χ4n) is 2.46. The van der Waals surface area contributed by atoms with E-state index < -0.39 is 0 Å². The summed E-state index contributed by atoms with van der Waals surface area (Å²) in [6.45, 7) is 1.96. The minimum absolute atomic E-state index is 0.0562. The third kappa shape index (κ3) is 3.64. The molecule has 1 N–H and O–H groups in total. The zero-order valence-electron chi connectivity index (χ0n) is 12.9. The number of rotatable bonds is 4. The average Bonchev–Trinajstić information content (AvgIpc) is 2.63. The topological polar surface area (TPSA) is 42.0 Å². The van der Waals surface area contributed by atoms with Gasteiger partial charge in [0.2, 0.25) is 0 Å². The number of pyridine rings is 1. The van der Waals surface area contributed by atoms with E-state index in [-0.39, 0.29) is 11.9 Å². The van der Waals surface area contributed by atoms with Gasteiger partial charge in [-0.1, -0.05) is 42.5 Å². The molecule has 3 heteroatoms. The highest BCUT2D eigenvalue weighted by atomic mass is 16.1. The van der Waals surface area contributed by atoms with Crippen LogP contribution in [0.2, 0.25) is 0 Å². The van der Waals surface area contributed by atoms with Gasteiger partial charge in [0, 0.05) is 18.0 Å². The van der Waals surface area contributed by atoms with E-state index in [1.165, 1.54) is 0 Å². The van der Waals surface area contributed by atoms with Crippen LogP contribution in [0.5, 0.6) is 0 Å². The van der Waals surface area contributed by atoms with Crippen LogP contribution in [-0.2, 0) is 0 Å². The number of nitrogens with zero attached hydrogens (tertiary/aromatic N) is 1. The molecular formula is C20H18N2O. The van der Waals surface area contributed by atoms with Gasteiger partial charge in [-0.3, -0.25) is 9.78 Å². The summed E-state index contributed by atoms with van der Waals surface area (Å²) >= 11 is 0. The van der Waals surface area contributed by atoms with E-state index >= 15 is 0 Å². The summed E-state index contributed by atoms with van der Waals surface area (Å²) in [5.41, 5.74) is 3.94. The van der Waals surface area contributed by atoms with E-state index in [0.29, 0.717) is 5.56 Å². The van der Waals surface area contributed by atoms with Crippen molar-refractivity contribution in [2.45, 2.75) is 13.0 Å². The first-order valence-corrected chi connectivity index (χ1v) is 7.60. The van der Waals surface area contributed by atoms with Gasteiger partial charge in [0.1, 0.15) is 0 Å². The van der Waals surface area contributed by atoms with Gasteiger partial charge in [-0.05, 0) is 47.9 Å². The van der Waals surface area contributed by atoms with E-state index in [1.807, 2.05) is 61.5 Å². The van der Waals surface area contributed by atoms with Crippen LogP contribution in [0, 0.1) is 0 Å². The molecule has 0 bridgehead atoms. The Kier molecular flexibility index (Phi) is 4.48. The first kappa shape index (κ1) is 15.0. The SMILES string of the molecule is CC(NC(=O)c1ccc(-c2ccccc2)cc1)c1ccncc1. The van der Waals surface area contributed by atoms with Crippen molar-refractivity contribution in [2.75, 3.05) is 0 Å². The Labute approximate surface area is 136 Å². The molecule has 3 nitrogen and oxygen atoms in total. The van der Waals surface area contributed by atoms with Crippen LogP contribution in [0.3, 0.4) is 0 Å². The number of benzene rings is 2. The molecule has 1 heterocycles. The summed E-state index contributed by atoms with van der Waals surface area (Å²) < 4.78 is 0. The molecule has 1 unspecified atom stereocenters. The van der Waals surface area contributed by atoms with Crippen LogP contribution in [0.1, 0.15) is 28.9 Å². The molecule has 2 aromatic carbocycles. The van der Waals surface area contributed by atoms with E-state index in [4.69, 9.17) is 0 Å². The number of amides is 1. The fourth-order valence-corrected chi connectivity index (χ4v) is 2.46. The molecule has 3 rings (SSSR count). The summed E-state index contributed by atoms with van der Waals surface area (Å²) in [6.07, 6.45) is 3.46. The molecule has 0 spiro atoms. The standard InChI is InChI=1S/C20H18N2O/c1-15(16-11-13-21-14-12-16)22-20(23)19-9-7-18(8-10-19)17-5-3-2-4-6-17/h2-15H,1H3,(H,22,23). The first-order chi connectivity index (χ1) is 11.2. The quantitative estimate of drug-likeness (QED) is 0.783. The maximum Gasteiger partial charge on any atom is 0.251 e. The lowest BCUT2D eigenvalue weighted by Crippen LogP contribution is -2.26. The molecular weight excluding hydrogens is 284 g/mol. The molecule has 114 valence electrons. The van der Waals surface area contributed by atoms with E-state index in [1.54, 1.807) is 12.4 Å². The molecule has 3 aromatic rings. The first-order valence-electron chi connectivity index (χ1n) is 7.60. The van der Waals surface area contributed by atoms with Crippen molar-refractivity contribution in [1.82, 2.24) is 10.3 Å². The lowest BCUT2D eigenvalue weighted by Gasteiger charge is -2.14. The summed E-state index contributed by atoms with van der Waals surface area (Å²) in [4.78, 5) is 16.3. The molecule has 1 amide bonds. The van der Waals surface area contributed by atoms with E-state index in [0.717, 1.165) is 16.7 Å². The van der Waals surface area contributed by atoms with E-state index in [9.17, 15) is 4.79 Å². The largest absolute Gasteiger partial charge is 0.346 e. The Balaban J connectivity index is 1.71. The number of nitrogens with one attached hydrogen (secondary N) is 1. The molecule has 0 saturated heterocycles. The zero-order valence-corrected chi connectivity index (χ0v) is 12.9. The van der Waals surface area contributed by atoms with Gasteiger partial charge in [0.05, 0.1) is 6.04 Å². The van der Waals surface area contributed by atoms with Crippen LogP contribution >= 0.6 is 0 Å². The van der Waals surface area contributed by atoms with Crippen LogP contribution in [0.4, 0.5) is 0 Å². The van der Waals surface area contributed by atoms with Gasteiger partial charge in [-0.25, -0.2) is 0 Å². The summed E-state index contributed by atoms with van der Waals surface area (Å²) in [5, 5.41) is 3.00. The minimum Gasteiger partial charge on any atom is -0.346 e. The maximum atomic E-state index is 12.3. The molecule has 1 atom stereocenters. The number of hydrogen-bond donors (Lipinski definition) is 1. The van der Waals surface area contributed by atoms with Crippen molar-refractivity contribution < 1.29 is 4.79 Å². The summed E-state index contributed by atoms with van der Waals surface area (Å²) in [5.74, 6) is -0.0751. The van der Waals surface area contributed by atoms with Crippen molar-refractivity contribution in [3.05, 3.63) is 90.3 Å². The third-order valence-corrected chi connectivity index (χ3v) is 3.81. The molecule has 0 saturated carbocycles. The second-order valence-electron chi connectivity index (χ2n) is 5.42. The van der Waals surface area contributed by atoms with Crippen molar-refractivity contribution in [2.24, 2.45) is 0 Å². The van der Waals surface area contributed by atoms with E-state index in [2.05, 4.69) is 22.4 Å². The summed E-state index contributed by atoms with van der Waals surface area (Å²) in [6, 6.07) is 21.5. The fraction of sp³-hybridized carbons (Fsp3) is 0.100. The summed E-state index contributed by atoms with van der Waals surface area (Å²) in [7, 11) is 0. The predicted octanol–water partition coefficient (Wildman–Crippen LogP) is 4.24. The van der Waals surface area contributed by atoms with Crippen LogP contribution in [-0.4, -0.2) is 10.9 Å². The Morgan fingerprint density at radius 1 is 0.870 bits per heavy atom. The Hall–Kier alpha value is -2.94. The molecule has 23 heavy (non-hydrogen) atoms. The van der Waals surface area contributed by atoms with Gasteiger partial charge in [-0.15, -0.1) is 0 Å². The van der Waals surface area contributed by atoms with Gasteiger partial charge >= 0.3 is 0 Å². The van der Waals surface area contributed by atoms with Gasteiger partial charge in [0.15, 0.2) is 0 Å². The number of carbonyl (C=O) groups is 1. The highest BCUT2D eigenvalue weighted by Gasteiger charge is 2.11. The predicted molar refractivity (Wildman–Crippen MR) is 92.0 cm³/mol. The van der Waals surface area contributed by atoms with Gasteiger partial charge in [-0.2, -0.15) is 0 Å². The van der Waals surface area contributed by atoms with Crippen LogP contribution in [0.15, 0.2) is 79.1 Å². The van der Waals surface area contributed by atoms with Gasteiger partial charge < -0.3 is 5.32 Å². The number of carbonyl (C=O) groups excluding carboxylic acids is 1. The van der Waals surface area contributed by atoms with Crippen LogP contribution in [0.25, 0.3) is 11.1 Å². The second kappa shape index (κ2) is 6.88. The van der Waals surface area contributed by atoms with Crippen LogP contribution < -0.4 is 5.32 Å². The molecule has 0 aliphatic carbocycles. The second-order valence-corrected chi connectivity index (χ2v) is 5.42. The molecule has 0 aliphatic heterocycles.